The van der Waals surface area contributed by atoms with Crippen LogP contribution in [0.25, 0.3) is 12.2 Å². The van der Waals surface area contributed by atoms with Crippen molar-refractivity contribution in [2.75, 3.05) is 14.2 Å². The fourth-order valence-electron chi connectivity index (χ4n) is 2.05. The maximum atomic E-state index is 11.8. The summed E-state index contributed by atoms with van der Waals surface area (Å²) in [5.41, 5.74) is 7.75. The maximum Gasteiger partial charge on any atom is 0.341 e. The average Bonchev–Trinajstić information content (AvgIpc) is 2.59. The highest BCUT2D eigenvalue weighted by atomic mass is 16.5. The minimum Gasteiger partial charge on any atom is -0.496 e. The first kappa shape index (κ1) is 16.3. The molecular formula is C18H17NO4. The van der Waals surface area contributed by atoms with Crippen LogP contribution in [0.2, 0.25) is 0 Å². The number of esters is 1. The Labute approximate surface area is 134 Å². The highest BCUT2D eigenvalue weighted by Gasteiger charge is 2.12. The van der Waals surface area contributed by atoms with Gasteiger partial charge >= 0.3 is 5.97 Å². The van der Waals surface area contributed by atoms with E-state index in [0.717, 1.165) is 11.1 Å². The summed E-state index contributed by atoms with van der Waals surface area (Å²) >= 11 is 0. The molecule has 0 aliphatic carbocycles. The van der Waals surface area contributed by atoms with E-state index in [2.05, 4.69) is 0 Å². The van der Waals surface area contributed by atoms with Gasteiger partial charge in [-0.15, -0.1) is 0 Å². The van der Waals surface area contributed by atoms with Gasteiger partial charge in [0, 0.05) is 5.56 Å². The molecule has 0 aliphatic heterocycles. The molecule has 0 heterocycles. The topological polar surface area (TPSA) is 78.6 Å². The van der Waals surface area contributed by atoms with Crippen LogP contribution in [-0.2, 0) is 4.74 Å². The molecule has 0 aliphatic rings. The second-order valence-electron chi connectivity index (χ2n) is 4.77. The summed E-state index contributed by atoms with van der Waals surface area (Å²) in [6, 6.07) is 12.1. The van der Waals surface area contributed by atoms with Crippen LogP contribution in [0.15, 0.2) is 42.5 Å². The minimum absolute atomic E-state index is 0.362. The van der Waals surface area contributed by atoms with Crippen molar-refractivity contribution in [2.45, 2.75) is 0 Å². The molecule has 2 rings (SSSR count). The Hall–Kier alpha value is -3.08. The third-order valence-electron chi connectivity index (χ3n) is 3.29. The number of benzene rings is 2. The standard InChI is InChI=1S/C18H17NO4/c1-22-16-10-7-13(11-15(16)18(21)23-2)4-3-12-5-8-14(9-6-12)17(19)20/h3-11H,1-2H3,(H2,19,20)/b4-3+. The van der Waals surface area contributed by atoms with E-state index in [-0.39, 0.29) is 0 Å². The van der Waals surface area contributed by atoms with Crippen LogP contribution in [0.3, 0.4) is 0 Å². The summed E-state index contributed by atoms with van der Waals surface area (Å²) in [6.07, 6.45) is 3.72. The van der Waals surface area contributed by atoms with Gasteiger partial charge in [0.05, 0.1) is 14.2 Å². The maximum absolute atomic E-state index is 11.8. The molecule has 2 N–H and O–H groups in total. The zero-order valence-corrected chi connectivity index (χ0v) is 12.9. The molecule has 5 heteroatoms. The number of hydrogen-bond acceptors (Lipinski definition) is 4. The van der Waals surface area contributed by atoms with Gasteiger partial charge in [0.1, 0.15) is 11.3 Å². The largest absolute Gasteiger partial charge is 0.496 e. The molecule has 0 bridgehead atoms. The van der Waals surface area contributed by atoms with Crippen LogP contribution >= 0.6 is 0 Å². The second kappa shape index (κ2) is 7.26. The number of rotatable bonds is 5. The molecule has 0 unspecified atom stereocenters. The van der Waals surface area contributed by atoms with Gasteiger partial charge in [-0.3, -0.25) is 4.79 Å². The van der Waals surface area contributed by atoms with Crippen molar-refractivity contribution in [1.82, 2.24) is 0 Å². The SMILES string of the molecule is COC(=O)c1cc(/C=C/c2ccc(C(N)=O)cc2)ccc1OC. The number of nitrogens with two attached hydrogens (primary N) is 1. The lowest BCUT2D eigenvalue weighted by Crippen LogP contribution is -2.10. The molecule has 2 aromatic rings. The number of carbonyl (C=O) groups is 2. The molecule has 0 fully saturated rings. The lowest BCUT2D eigenvalue weighted by Gasteiger charge is -2.07. The van der Waals surface area contributed by atoms with Gasteiger partial charge in [-0.1, -0.05) is 30.4 Å². The predicted molar refractivity (Wildman–Crippen MR) is 88.2 cm³/mol. The molecule has 5 nitrogen and oxygen atoms in total. The highest BCUT2D eigenvalue weighted by Crippen LogP contribution is 2.22. The summed E-state index contributed by atoms with van der Waals surface area (Å²) in [7, 11) is 2.82. The van der Waals surface area contributed by atoms with Crippen LogP contribution in [0.1, 0.15) is 31.8 Å². The third kappa shape index (κ3) is 3.97. The van der Waals surface area contributed by atoms with Gasteiger partial charge in [0.25, 0.3) is 0 Å². The number of ether oxygens (including phenoxy) is 2. The number of hydrogen-bond donors (Lipinski definition) is 1. The molecule has 0 saturated heterocycles. The van der Waals surface area contributed by atoms with Crippen LogP contribution in [0.4, 0.5) is 0 Å². The molecule has 0 aromatic heterocycles. The molecule has 1 amide bonds. The van der Waals surface area contributed by atoms with E-state index in [1.54, 1.807) is 36.4 Å². The summed E-state index contributed by atoms with van der Waals surface area (Å²) < 4.78 is 9.90. The van der Waals surface area contributed by atoms with E-state index in [1.807, 2.05) is 18.2 Å². The van der Waals surface area contributed by atoms with E-state index >= 15 is 0 Å². The molecule has 2 aromatic carbocycles. The fraction of sp³-hybridized carbons (Fsp3) is 0.111. The monoisotopic (exact) mass is 311 g/mol. The third-order valence-corrected chi connectivity index (χ3v) is 3.29. The van der Waals surface area contributed by atoms with E-state index in [4.69, 9.17) is 15.2 Å². The molecule has 0 spiro atoms. The normalized spacial score (nSPS) is 10.5. The van der Waals surface area contributed by atoms with Gasteiger partial charge in [-0.25, -0.2) is 4.79 Å². The molecule has 0 saturated carbocycles. The smallest absolute Gasteiger partial charge is 0.341 e. The summed E-state index contributed by atoms with van der Waals surface area (Å²) in [5, 5.41) is 0. The predicted octanol–water partition coefficient (Wildman–Crippen LogP) is 2.75. The average molecular weight is 311 g/mol. The van der Waals surface area contributed by atoms with Crippen molar-refractivity contribution >= 4 is 24.0 Å². The Balaban J connectivity index is 2.25. The first-order valence-electron chi connectivity index (χ1n) is 6.89. The molecule has 0 atom stereocenters. The Morgan fingerprint density at radius 2 is 1.57 bits per heavy atom. The van der Waals surface area contributed by atoms with Crippen LogP contribution in [-0.4, -0.2) is 26.1 Å². The van der Waals surface area contributed by atoms with Crippen molar-refractivity contribution < 1.29 is 19.1 Å². The van der Waals surface area contributed by atoms with Gasteiger partial charge in [-0.2, -0.15) is 0 Å². The molecule has 118 valence electrons. The van der Waals surface area contributed by atoms with Gasteiger partial charge in [0.2, 0.25) is 5.91 Å². The number of carbonyl (C=O) groups excluding carboxylic acids is 2. The molecular weight excluding hydrogens is 294 g/mol. The van der Waals surface area contributed by atoms with Crippen LogP contribution in [0, 0.1) is 0 Å². The van der Waals surface area contributed by atoms with E-state index in [1.165, 1.54) is 14.2 Å². The second-order valence-corrected chi connectivity index (χ2v) is 4.77. The quantitative estimate of drug-likeness (QED) is 0.680. The zero-order chi connectivity index (χ0) is 16.8. The Kier molecular flexibility index (Phi) is 5.15. The molecule has 0 radical (unpaired) electrons. The van der Waals surface area contributed by atoms with Crippen molar-refractivity contribution in [3.05, 3.63) is 64.7 Å². The Bertz CT molecular complexity index is 748. The lowest BCUT2D eigenvalue weighted by atomic mass is 10.1. The molecule has 23 heavy (non-hydrogen) atoms. The van der Waals surface area contributed by atoms with Gasteiger partial charge in [0.15, 0.2) is 0 Å². The first-order valence-corrected chi connectivity index (χ1v) is 6.89. The highest BCUT2D eigenvalue weighted by molar-refractivity contribution is 5.94. The van der Waals surface area contributed by atoms with Gasteiger partial charge < -0.3 is 15.2 Å². The fourth-order valence-corrected chi connectivity index (χ4v) is 2.05. The summed E-state index contributed by atoms with van der Waals surface area (Å²) in [6.45, 7) is 0. The number of primary amides is 1. The number of amides is 1. The lowest BCUT2D eigenvalue weighted by molar-refractivity contribution is 0.0597. The van der Waals surface area contributed by atoms with E-state index in [0.29, 0.717) is 16.9 Å². The van der Waals surface area contributed by atoms with E-state index < -0.39 is 11.9 Å². The number of methoxy groups -OCH3 is 2. The van der Waals surface area contributed by atoms with Crippen LogP contribution in [0.5, 0.6) is 5.75 Å². The Morgan fingerprint density at radius 3 is 2.13 bits per heavy atom. The van der Waals surface area contributed by atoms with Crippen molar-refractivity contribution in [3.8, 4) is 5.75 Å². The first-order chi connectivity index (χ1) is 11.0. The zero-order valence-electron chi connectivity index (χ0n) is 12.9. The van der Waals surface area contributed by atoms with Crippen LogP contribution < -0.4 is 10.5 Å². The van der Waals surface area contributed by atoms with Crippen molar-refractivity contribution in [1.29, 1.82) is 0 Å². The Morgan fingerprint density at radius 1 is 0.957 bits per heavy atom. The summed E-state index contributed by atoms with van der Waals surface area (Å²) in [4.78, 5) is 22.8. The van der Waals surface area contributed by atoms with Crippen molar-refractivity contribution in [2.24, 2.45) is 5.73 Å². The van der Waals surface area contributed by atoms with Crippen molar-refractivity contribution in [3.63, 3.8) is 0 Å². The summed E-state index contributed by atoms with van der Waals surface area (Å²) in [5.74, 6) is -0.457. The van der Waals surface area contributed by atoms with Gasteiger partial charge in [-0.05, 0) is 35.4 Å². The van der Waals surface area contributed by atoms with E-state index in [9.17, 15) is 9.59 Å². The minimum atomic E-state index is -0.460.